The van der Waals surface area contributed by atoms with Crippen LogP contribution in [0.25, 0.3) is 6.08 Å². The van der Waals surface area contributed by atoms with Crippen LogP contribution in [0.1, 0.15) is 21.5 Å². The maximum Gasteiger partial charge on any atom is 0.251 e. The summed E-state index contributed by atoms with van der Waals surface area (Å²) < 4.78 is 32.8. The summed E-state index contributed by atoms with van der Waals surface area (Å²) in [7, 11) is -2.10. The largest absolute Gasteiger partial charge is 0.383 e. The van der Waals surface area contributed by atoms with Gasteiger partial charge in [0.15, 0.2) is 0 Å². The quantitative estimate of drug-likeness (QED) is 0.585. The third kappa shape index (κ3) is 6.26. The molecule has 0 radical (unpaired) electrons. The van der Waals surface area contributed by atoms with Gasteiger partial charge in [0.1, 0.15) is 0 Å². The van der Waals surface area contributed by atoms with Crippen molar-refractivity contribution in [2.75, 3.05) is 53.0 Å². The number of ether oxygens (including phenoxy) is 1. The fourth-order valence-electron chi connectivity index (χ4n) is 3.57. The first-order valence-corrected chi connectivity index (χ1v) is 12.2. The van der Waals surface area contributed by atoms with Crippen molar-refractivity contribution < 1.29 is 17.9 Å². The maximum atomic E-state index is 13.2. The van der Waals surface area contributed by atoms with Gasteiger partial charge in [0, 0.05) is 51.9 Å². The predicted octanol–water partition coefficient (Wildman–Crippen LogP) is 2.39. The highest BCUT2D eigenvalue weighted by molar-refractivity contribution is 7.89. The van der Waals surface area contributed by atoms with Crippen LogP contribution in [0, 0.1) is 6.92 Å². The second-order valence-electron chi connectivity index (χ2n) is 7.74. The molecule has 3 rings (SSSR count). The van der Waals surface area contributed by atoms with E-state index < -0.39 is 10.0 Å². The Labute approximate surface area is 190 Å². The van der Waals surface area contributed by atoms with Crippen molar-refractivity contribution in [3.63, 3.8) is 0 Å². The van der Waals surface area contributed by atoms with Crippen LogP contribution in [0.5, 0.6) is 0 Å². The summed E-state index contributed by atoms with van der Waals surface area (Å²) in [6.07, 6.45) is 4.18. The van der Waals surface area contributed by atoms with Crippen LogP contribution in [0.2, 0.25) is 0 Å². The minimum atomic E-state index is -3.66. The molecule has 2 aromatic rings. The van der Waals surface area contributed by atoms with Crippen molar-refractivity contribution in [2.24, 2.45) is 0 Å². The van der Waals surface area contributed by atoms with Crippen molar-refractivity contribution in [2.45, 2.75) is 11.8 Å². The molecular weight excluding hydrogens is 426 g/mol. The number of nitrogens with one attached hydrogen (secondary N) is 1. The van der Waals surface area contributed by atoms with E-state index in [1.54, 1.807) is 26.2 Å². The van der Waals surface area contributed by atoms with E-state index in [4.69, 9.17) is 4.74 Å². The maximum absolute atomic E-state index is 13.2. The highest BCUT2D eigenvalue weighted by Gasteiger charge is 2.29. The summed E-state index contributed by atoms with van der Waals surface area (Å²) in [5, 5.41) is 2.75. The number of carbonyl (C=O) groups excluding carboxylic acids is 1. The number of amides is 1. The molecule has 1 aliphatic heterocycles. The number of hydrogen-bond acceptors (Lipinski definition) is 5. The van der Waals surface area contributed by atoms with Gasteiger partial charge in [0.25, 0.3) is 5.91 Å². The van der Waals surface area contributed by atoms with Crippen LogP contribution in [0.15, 0.2) is 59.5 Å². The third-order valence-corrected chi connectivity index (χ3v) is 7.38. The number of benzene rings is 2. The smallest absolute Gasteiger partial charge is 0.251 e. The molecular formula is C24H31N3O4S. The lowest BCUT2D eigenvalue weighted by atomic mass is 10.1. The van der Waals surface area contributed by atoms with E-state index in [1.807, 2.05) is 18.2 Å². The Kier molecular flexibility index (Phi) is 8.58. The Morgan fingerprint density at radius 1 is 1.09 bits per heavy atom. The van der Waals surface area contributed by atoms with E-state index in [9.17, 15) is 13.2 Å². The topological polar surface area (TPSA) is 78.9 Å². The number of methoxy groups -OCH3 is 1. The van der Waals surface area contributed by atoms with Crippen LogP contribution in [-0.4, -0.2) is 76.5 Å². The molecule has 1 N–H and O–H groups in total. The van der Waals surface area contributed by atoms with Crippen molar-refractivity contribution in [3.05, 3.63) is 71.3 Å². The van der Waals surface area contributed by atoms with Crippen molar-refractivity contribution >= 4 is 22.0 Å². The Bertz CT molecular complexity index is 1030. The Hall–Kier alpha value is -2.52. The lowest BCUT2D eigenvalue weighted by Crippen LogP contribution is -2.48. The van der Waals surface area contributed by atoms with Gasteiger partial charge in [-0.1, -0.05) is 48.6 Å². The zero-order valence-corrected chi connectivity index (χ0v) is 19.5. The van der Waals surface area contributed by atoms with Gasteiger partial charge in [-0.3, -0.25) is 9.69 Å². The fourth-order valence-corrected chi connectivity index (χ4v) is 5.02. The first-order chi connectivity index (χ1) is 15.4. The van der Waals surface area contributed by atoms with Gasteiger partial charge in [0.2, 0.25) is 10.0 Å². The molecule has 1 fully saturated rings. The van der Waals surface area contributed by atoms with Crippen molar-refractivity contribution in [1.82, 2.24) is 14.5 Å². The molecule has 1 heterocycles. The first-order valence-electron chi connectivity index (χ1n) is 10.7. The summed E-state index contributed by atoms with van der Waals surface area (Å²) in [4.78, 5) is 14.8. The van der Waals surface area contributed by atoms with Crippen LogP contribution in [0.4, 0.5) is 0 Å². The number of carbonyl (C=O) groups is 1. The Morgan fingerprint density at radius 3 is 2.50 bits per heavy atom. The predicted molar refractivity (Wildman–Crippen MR) is 126 cm³/mol. The highest BCUT2D eigenvalue weighted by atomic mass is 32.2. The van der Waals surface area contributed by atoms with Gasteiger partial charge in [-0.2, -0.15) is 4.31 Å². The number of nitrogens with zero attached hydrogens (tertiary/aromatic N) is 2. The minimum Gasteiger partial charge on any atom is -0.383 e. The second-order valence-corrected chi connectivity index (χ2v) is 9.68. The molecule has 1 amide bonds. The number of piperazine rings is 1. The second kappa shape index (κ2) is 11.4. The van der Waals surface area contributed by atoms with E-state index in [-0.39, 0.29) is 10.8 Å². The molecule has 0 unspecified atom stereocenters. The highest BCUT2D eigenvalue weighted by Crippen LogP contribution is 2.21. The summed E-state index contributed by atoms with van der Waals surface area (Å²) >= 11 is 0. The number of sulfonamides is 1. The fraction of sp³-hybridized carbons (Fsp3) is 0.375. The van der Waals surface area contributed by atoms with E-state index in [0.29, 0.717) is 44.9 Å². The van der Waals surface area contributed by atoms with Gasteiger partial charge >= 0.3 is 0 Å². The number of aryl methyl sites for hydroxylation is 1. The third-order valence-electron chi connectivity index (χ3n) is 5.49. The van der Waals surface area contributed by atoms with Crippen LogP contribution < -0.4 is 5.32 Å². The van der Waals surface area contributed by atoms with Crippen molar-refractivity contribution in [3.8, 4) is 0 Å². The molecule has 1 saturated heterocycles. The van der Waals surface area contributed by atoms with E-state index in [0.717, 1.165) is 17.7 Å². The molecule has 7 nitrogen and oxygen atoms in total. The van der Waals surface area contributed by atoms with Gasteiger partial charge in [-0.05, 0) is 30.2 Å². The molecule has 0 aromatic heterocycles. The van der Waals surface area contributed by atoms with Crippen molar-refractivity contribution in [1.29, 1.82) is 0 Å². The zero-order chi connectivity index (χ0) is 23.0. The molecule has 0 atom stereocenters. The Balaban J connectivity index is 1.60. The molecule has 0 aliphatic carbocycles. The first kappa shape index (κ1) is 24.1. The minimum absolute atomic E-state index is 0.150. The Morgan fingerprint density at radius 2 is 1.81 bits per heavy atom. The molecule has 1 aliphatic rings. The van der Waals surface area contributed by atoms with Gasteiger partial charge in [0.05, 0.1) is 11.5 Å². The van der Waals surface area contributed by atoms with Crippen LogP contribution >= 0.6 is 0 Å². The molecule has 8 heteroatoms. The van der Waals surface area contributed by atoms with Crippen LogP contribution in [0.3, 0.4) is 0 Å². The molecule has 0 spiro atoms. The van der Waals surface area contributed by atoms with Crippen LogP contribution in [-0.2, 0) is 14.8 Å². The molecule has 0 saturated carbocycles. The summed E-state index contributed by atoms with van der Waals surface area (Å²) in [6, 6.07) is 14.8. The standard InChI is InChI=1S/C24H31N3O4S/c1-20-10-11-22(19-23(20)24(28)25-12-18-31-2)32(29,30)27-16-14-26(15-17-27)13-6-9-21-7-4-3-5-8-21/h3-11,19H,12-18H2,1-2H3,(H,25,28)/b9-6+. The summed E-state index contributed by atoms with van der Waals surface area (Å²) in [5.74, 6) is -0.299. The monoisotopic (exact) mass is 457 g/mol. The van der Waals surface area contributed by atoms with Gasteiger partial charge in [-0.25, -0.2) is 8.42 Å². The molecule has 172 valence electrons. The lowest BCUT2D eigenvalue weighted by molar-refractivity contribution is 0.0936. The van der Waals surface area contributed by atoms with Gasteiger partial charge < -0.3 is 10.1 Å². The SMILES string of the molecule is COCCNC(=O)c1cc(S(=O)(=O)N2CCN(C/C=C/c3ccccc3)CC2)ccc1C. The summed E-state index contributed by atoms with van der Waals surface area (Å²) in [5.41, 5.74) is 2.25. The van der Waals surface area contributed by atoms with E-state index in [1.165, 1.54) is 10.4 Å². The molecule has 0 bridgehead atoms. The van der Waals surface area contributed by atoms with E-state index in [2.05, 4.69) is 34.5 Å². The molecule has 32 heavy (non-hydrogen) atoms. The van der Waals surface area contributed by atoms with E-state index >= 15 is 0 Å². The summed E-state index contributed by atoms with van der Waals surface area (Å²) in [6.45, 7) is 5.50. The lowest BCUT2D eigenvalue weighted by Gasteiger charge is -2.33. The molecule has 2 aromatic carbocycles. The average Bonchev–Trinajstić information content (AvgIpc) is 2.80. The van der Waals surface area contributed by atoms with Gasteiger partial charge in [-0.15, -0.1) is 0 Å². The number of rotatable bonds is 9. The average molecular weight is 458 g/mol. The normalized spacial score (nSPS) is 15.8. The number of hydrogen-bond donors (Lipinski definition) is 1. The zero-order valence-electron chi connectivity index (χ0n) is 18.7.